The number of alkyl halides is 2. The molecule has 1 rings (SSSR count). The second-order valence-corrected chi connectivity index (χ2v) is 3.48. The third-order valence-electron chi connectivity index (χ3n) is 1.65. The average Bonchev–Trinajstić information content (AvgIpc) is 2.02. The summed E-state index contributed by atoms with van der Waals surface area (Å²) in [6.07, 6.45) is -1.84. The Hall–Kier alpha value is -1.19. The lowest BCUT2D eigenvalue weighted by Crippen LogP contribution is -2.19. The summed E-state index contributed by atoms with van der Waals surface area (Å²) < 4.78 is 29.2. The Balaban J connectivity index is 2.74. The van der Waals surface area contributed by atoms with Crippen LogP contribution >= 0.6 is 0 Å². The fourth-order valence-electron chi connectivity index (χ4n) is 1.00. The second kappa shape index (κ2) is 3.90. The summed E-state index contributed by atoms with van der Waals surface area (Å²) in [4.78, 5) is 4.00. The fourth-order valence-corrected chi connectivity index (χ4v) is 1.00. The first-order valence-electron chi connectivity index (χ1n) is 4.41. The molecule has 0 saturated carbocycles. The molecule has 0 radical (unpaired) electrons. The van der Waals surface area contributed by atoms with Crippen molar-refractivity contribution in [2.24, 2.45) is 0 Å². The smallest absolute Gasteiger partial charge is 0.394 e. The average molecular weight is 201 g/mol. The maximum Gasteiger partial charge on any atom is 0.394 e. The highest BCUT2D eigenvalue weighted by Gasteiger charge is 2.23. The standard InChI is InChI=1S/C10H13F2NO/c1-7(2)9-5-4-8(6-13-9)14-10(3,11)12/h4-7H,1-3H3. The first kappa shape index (κ1) is 10.9. The first-order valence-corrected chi connectivity index (χ1v) is 4.41. The summed E-state index contributed by atoms with van der Waals surface area (Å²) in [5.41, 5.74) is 0.858. The zero-order valence-electron chi connectivity index (χ0n) is 8.42. The molecule has 0 aromatic carbocycles. The quantitative estimate of drug-likeness (QED) is 0.749. The van der Waals surface area contributed by atoms with Crippen LogP contribution in [0.4, 0.5) is 8.78 Å². The van der Waals surface area contributed by atoms with Gasteiger partial charge in [0.1, 0.15) is 5.75 Å². The van der Waals surface area contributed by atoms with Gasteiger partial charge in [0.05, 0.1) is 6.20 Å². The minimum absolute atomic E-state index is 0.0851. The summed E-state index contributed by atoms with van der Waals surface area (Å²) in [5, 5.41) is 0. The maximum atomic E-state index is 12.4. The molecule has 0 fully saturated rings. The van der Waals surface area contributed by atoms with Crippen LogP contribution in [0.5, 0.6) is 5.75 Å². The molecule has 0 bridgehead atoms. The molecule has 1 aromatic rings. The van der Waals surface area contributed by atoms with Crippen LogP contribution < -0.4 is 4.74 Å². The maximum absolute atomic E-state index is 12.4. The predicted octanol–water partition coefficient (Wildman–Crippen LogP) is 3.20. The van der Waals surface area contributed by atoms with E-state index in [0.717, 1.165) is 5.69 Å². The first-order chi connectivity index (χ1) is 6.38. The number of pyridine rings is 1. The summed E-state index contributed by atoms with van der Waals surface area (Å²) in [5.74, 6) is 0.369. The van der Waals surface area contributed by atoms with Gasteiger partial charge < -0.3 is 4.74 Å². The van der Waals surface area contributed by atoms with Crippen LogP contribution in [0, 0.1) is 0 Å². The van der Waals surface area contributed by atoms with E-state index in [4.69, 9.17) is 0 Å². The highest BCUT2D eigenvalue weighted by Crippen LogP contribution is 2.21. The molecule has 0 N–H and O–H groups in total. The van der Waals surface area contributed by atoms with Crippen LogP contribution in [0.15, 0.2) is 18.3 Å². The number of nitrogens with zero attached hydrogens (tertiary/aromatic N) is 1. The van der Waals surface area contributed by atoms with E-state index in [1.54, 1.807) is 6.07 Å². The third kappa shape index (κ3) is 3.28. The van der Waals surface area contributed by atoms with E-state index in [1.807, 2.05) is 13.8 Å². The number of ether oxygens (including phenoxy) is 1. The van der Waals surface area contributed by atoms with Gasteiger partial charge in [-0.15, -0.1) is 0 Å². The zero-order chi connectivity index (χ0) is 10.8. The van der Waals surface area contributed by atoms with Crippen LogP contribution in [0.1, 0.15) is 32.4 Å². The van der Waals surface area contributed by atoms with Gasteiger partial charge >= 0.3 is 6.11 Å². The van der Waals surface area contributed by atoms with E-state index in [1.165, 1.54) is 12.3 Å². The molecule has 0 aliphatic heterocycles. The number of hydrogen-bond acceptors (Lipinski definition) is 2. The van der Waals surface area contributed by atoms with Crippen molar-refractivity contribution in [1.82, 2.24) is 4.98 Å². The monoisotopic (exact) mass is 201 g/mol. The molecule has 0 aliphatic rings. The molecule has 0 aliphatic carbocycles. The highest BCUT2D eigenvalue weighted by molar-refractivity contribution is 5.21. The van der Waals surface area contributed by atoms with Crippen LogP contribution in [0.3, 0.4) is 0 Å². The number of hydrogen-bond donors (Lipinski definition) is 0. The van der Waals surface area contributed by atoms with E-state index in [-0.39, 0.29) is 11.7 Å². The van der Waals surface area contributed by atoms with E-state index >= 15 is 0 Å². The van der Waals surface area contributed by atoms with Crippen molar-refractivity contribution in [3.05, 3.63) is 24.0 Å². The Kier molecular flexibility index (Phi) is 3.03. The van der Waals surface area contributed by atoms with Crippen molar-refractivity contribution in [1.29, 1.82) is 0 Å². The Labute approximate surface area is 81.9 Å². The van der Waals surface area contributed by atoms with Gasteiger partial charge in [0.2, 0.25) is 0 Å². The molecule has 1 heterocycles. The summed E-state index contributed by atoms with van der Waals surface area (Å²) in [6.45, 7) is 4.66. The van der Waals surface area contributed by atoms with Crippen LogP contribution in [0.2, 0.25) is 0 Å². The van der Waals surface area contributed by atoms with Crippen LogP contribution in [0.25, 0.3) is 0 Å². The number of rotatable bonds is 3. The molecule has 2 nitrogen and oxygen atoms in total. The molecular weight excluding hydrogens is 188 g/mol. The lowest BCUT2D eigenvalue weighted by Gasteiger charge is -2.13. The minimum Gasteiger partial charge on any atom is -0.431 e. The van der Waals surface area contributed by atoms with E-state index in [0.29, 0.717) is 6.92 Å². The SMILES string of the molecule is CC(C)c1ccc(OC(C)(F)F)cn1. The Morgan fingerprint density at radius 2 is 2.00 bits per heavy atom. The largest absolute Gasteiger partial charge is 0.431 e. The van der Waals surface area contributed by atoms with Crippen molar-refractivity contribution in [2.45, 2.75) is 32.8 Å². The van der Waals surface area contributed by atoms with Gasteiger partial charge in [-0.2, -0.15) is 8.78 Å². The number of halogens is 2. The summed E-state index contributed by atoms with van der Waals surface area (Å²) in [6, 6.07) is 3.19. The van der Waals surface area contributed by atoms with Gasteiger partial charge in [-0.25, -0.2) is 0 Å². The summed E-state index contributed by atoms with van der Waals surface area (Å²) in [7, 11) is 0. The Morgan fingerprint density at radius 3 is 2.36 bits per heavy atom. The van der Waals surface area contributed by atoms with Gasteiger partial charge in [-0.1, -0.05) is 13.8 Å². The lowest BCUT2D eigenvalue weighted by atomic mass is 10.1. The van der Waals surface area contributed by atoms with Gasteiger partial charge in [0.25, 0.3) is 0 Å². The van der Waals surface area contributed by atoms with Crippen LogP contribution in [-0.2, 0) is 0 Å². The molecule has 1 aromatic heterocycles. The molecule has 0 unspecified atom stereocenters. The van der Waals surface area contributed by atoms with Gasteiger partial charge in [-0.3, -0.25) is 4.98 Å². The van der Waals surface area contributed by atoms with Crippen molar-refractivity contribution in [3.63, 3.8) is 0 Å². The molecular formula is C10H13F2NO. The van der Waals surface area contributed by atoms with Gasteiger partial charge in [-0.05, 0) is 18.1 Å². The number of aromatic nitrogens is 1. The third-order valence-corrected chi connectivity index (χ3v) is 1.65. The lowest BCUT2D eigenvalue weighted by molar-refractivity contribution is -0.159. The van der Waals surface area contributed by atoms with Crippen molar-refractivity contribution in [2.75, 3.05) is 0 Å². The van der Waals surface area contributed by atoms with Crippen molar-refractivity contribution in [3.8, 4) is 5.75 Å². The van der Waals surface area contributed by atoms with E-state index in [2.05, 4.69) is 9.72 Å². The minimum atomic E-state index is -3.15. The van der Waals surface area contributed by atoms with Gasteiger partial charge in [0.15, 0.2) is 0 Å². The normalized spacial score (nSPS) is 11.9. The molecule has 0 atom stereocenters. The molecule has 4 heteroatoms. The fraction of sp³-hybridized carbons (Fsp3) is 0.500. The zero-order valence-corrected chi connectivity index (χ0v) is 8.42. The van der Waals surface area contributed by atoms with E-state index in [9.17, 15) is 8.78 Å². The van der Waals surface area contributed by atoms with E-state index < -0.39 is 6.11 Å². The molecule has 0 spiro atoms. The van der Waals surface area contributed by atoms with Crippen molar-refractivity contribution >= 4 is 0 Å². The van der Waals surface area contributed by atoms with Gasteiger partial charge in [0, 0.05) is 12.6 Å². The van der Waals surface area contributed by atoms with Crippen LogP contribution in [-0.4, -0.2) is 11.1 Å². The molecule has 0 amide bonds. The predicted molar refractivity (Wildman–Crippen MR) is 49.6 cm³/mol. The Morgan fingerprint density at radius 1 is 1.36 bits per heavy atom. The summed E-state index contributed by atoms with van der Waals surface area (Å²) >= 11 is 0. The molecule has 14 heavy (non-hydrogen) atoms. The molecule has 0 saturated heterocycles. The Bertz CT molecular complexity index is 290. The van der Waals surface area contributed by atoms with Crippen molar-refractivity contribution < 1.29 is 13.5 Å². The molecule has 78 valence electrons. The highest BCUT2D eigenvalue weighted by atomic mass is 19.3. The topological polar surface area (TPSA) is 22.1 Å². The second-order valence-electron chi connectivity index (χ2n) is 3.48.